The average Bonchev–Trinajstić information content (AvgIpc) is 3.87. The maximum Gasteiger partial charge on any atom is 0.407 e. The smallest absolute Gasteiger partial charge is 0.407 e. The van der Waals surface area contributed by atoms with Crippen LogP contribution in [0.4, 0.5) is 16.3 Å². The molecule has 3 heterocycles. The molecule has 0 radical (unpaired) electrons. The normalized spacial score (nSPS) is 21.6. The van der Waals surface area contributed by atoms with Gasteiger partial charge in [-0.3, -0.25) is 9.59 Å². The van der Waals surface area contributed by atoms with E-state index < -0.39 is 30.0 Å². The van der Waals surface area contributed by atoms with E-state index in [2.05, 4.69) is 35.9 Å². The van der Waals surface area contributed by atoms with Gasteiger partial charge < -0.3 is 34.9 Å². The number of benzene rings is 2. The number of aliphatic carboxylic acids is 1. The molecule has 1 saturated carbocycles. The van der Waals surface area contributed by atoms with Crippen LogP contribution in [0.15, 0.2) is 81.9 Å². The number of aromatic nitrogens is 1. The summed E-state index contributed by atoms with van der Waals surface area (Å²) >= 11 is 0. The quantitative estimate of drug-likeness (QED) is 0.0676. The first-order valence-electron chi connectivity index (χ1n) is 18.8. The third-order valence-electron chi connectivity index (χ3n) is 9.97. The van der Waals surface area contributed by atoms with Gasteiger partial charge in [-0.25, -0.2) is 19.4 Å². The molecule has 3 atom stereocenters. The largest absolute Gasteiger partial charge is 0.495 e. The summed E-state index contributed by atoms with van der Waals surface area (Å²) in [6.45, 7) is 17.6. The van der Waals surface area contributed by atoms with E-state index in [1.165, 1.54) is 14.0 Å². The number of methoxy groups -OCH3 is 1. The fourth-order valence-corrected chi connectivity index (χ4v) is 7.60. The number of alkyl carbamates (subject to hydrolysis) is 1. The Labute approximate surface area is 350 Å². The Morgan fingerprint density at radius 2 is 1.62 bits per heavy atom. The second kappa shape index (κ2) is 20.0. The second-order valence-electron chi connectivity index (χ2n) is 14.5. The molecule has 2 aliphatic heterocycles. The van der Waals surface area contributed by atoms with Crippen molar-refractivity contribution in [2.75, 3.05) is 18.6 Å². The monoisotopic (exact) mass is 839 g/mol. The summed E-state index contributed by atoms with van der Waals surface area (Å²) in [4.78, 5) is 68.0. The van der Waals surface area contributed by atoms with Gasteiger partial charge >= 0.3 is 12.1 Å². The molecule has 3 aromatic rings. The summed E-state index contributed by atoms with van der Waals surface area (Å²) in [6, 6.07) is 17.5. The van der Waals surface area contributed by atoms with Gasteiger partial charge in [0.15, 0.2) is 11.5 Å². The Balaban J connectivity index is 0.00000142. The predicted octanol–water partition coefficient (Wildman–Crippen LogP) is 7.60. The number of aliphatic hydroxyl groups is 1. The van der Waals surface area contributed by atoms with Crippen molar-refractivity contribution in [3.8, 4) is 11.1 Å². The average molecular weight is 841 g/mol. The third kappa shape index (κ3) is 10.4. The van der Waals surface area contributed by atoms with Gasteiger partial charge in [0.2, 0.25) is 5.90 Å². The molecule has 1 saturated heterocycles. The summed E-state index contributed by atoms with van der Waals surface area (Å²) < 4.78 is 11.0. The summed E-state index contributed by atoms with van der Waals surface area (Å²) in [5.41, 5.74) is 3.18. The minimum absolute atomic E-state index is 0. The van der Waals surface area contributed by atoms with Crippen molar-refractivity contribution in [1.29, 1.82) is 0 Å². The number of ether oxygens (including phenoxy) is 2. The minimum atomic E-state index is -0.987. The van der Waals surface area contributed by atoms with Gasteiger partial charge in [0.1, 0.15) is 23.6 Å². The summed E-state index contributed by atoms with van der Waals surface area (Å²) in [7, 11) is 1.21. The number of amidine groups is 1. The molecule has 300 valence electrons. The van der Waals surface area contributed by atoms with Crippen molar-refractivity contribution in [3.05, 3.63) is 94.6 Å². The van der Waals surface area contributed by atoms with Crippen LogP contribution in [-0.4, -0.2) is 71.7 Å². The Kier molecular flexibility index (Phi) is 15.5. The van der Waals surface area contributed by atoms with Crippen molar-refractivity contribution in [3.63, 3.8) is 0 Å². The summed E-state index contributed by atoms with van der Waals surface area (Å²) in [5.74, 6) is -1.24. The molecule has 3 N–H and O–H groups in total. The van der Waals surface area contributed by atoms with Crippen molar-refractivity contribution in [1.82, 2.24) is 10.3 Å². The molecule has 1 aliphatic carbocycles. The number of aliphatic hydroxyl groups excluding tert-OH is 1. The standard InChI is InChI=1S/C41H44N6O6.C2H4O2.Zn/c1-23-20-24(2)36(25(3)21-23)53-40(50)34-32(27-14-9-7-10-15-27)29(44-37(34)46-39(49)26(4)43-41(51)52-6)22-30-33(28-16-11-8-12-17-28)35(42-5)38(45-30)47-19-13-18-31(47)48;1-2(3)4;/h7-12,14-17,22-26,36H,13,18-21H2,1-4,6H3,(H3,43,44,45,46,49,50,51);1H3,(H,3,4);/p-1. The zero-order valence-corrected chi connectivity index (χ0v) is 36.5. The fraction of sp³-hybridized carbons (Fsp3) is 0.372. The number of carbonyl (C=O) groups is 4. The van der Waals surface area contributed by atoms with Crippen LogP contribution in [0.25, 0.3) is 27.6 Å². The van der Waals surface area contributed by atoms with Crippen LogP contribution in [0.3, 0.4) is 0 Å². The number of allylic oxidation sites excluding steroid dienone is 1. The molecule has 2 fully saturated rings. The number of carboxylic acid groups (broad SMARTS) is 1. The van der Waals surface area contributed by atoms with Crippen molar-refractivity contribution in [2.24, 2.45) is 27.7 Å². The van der Waals surface area contributed by atoms with Gasteiger partial charge in [-0.05, 0) is 78.9 Å². The van der Waals surface area contributed by atoms with Gasteiger partial charge in [-0.15, -0.1) is 0 Å². The van der Waals surface area contributed by atoms with Gasteiger partial charge in [0.25, 0.3) is 5.97 Å². The van der Waals surface area contributed by atoms with Crippen LogP contribution in [0.5, 0.6) is 0 Å². The van der Waals surface area contributed by atoms with E-state index in [0.29, 0.717) is 47.7 Å². The molecule has 58 heavy (non-hydrogen) atoms. The first-order valence-corrected chi connectivity index (χ1v) is 18.8. The summed E-state index contributed by atoms with van der Waals surface area (Å²) in [6.07, 6.45) is 3.38. The molecule has 2 aromatic carbocycles. The molecular formula is C43H47N6O8Zn-. The van der Waals surface area contributed by atoms with Crippen LogP contribution < -0.4 is 15.2 Å². The maximum atomic E-state index is 14.5. The number of carboxylic acids is 1. The van der Waals surface area contributed by atoms with Gasteiger partial charge in [0, 0.05) is 38.4 Å². The number of aliphatic imine (C=N–C) groups is 2. The molecule has 0 bridgehead atoms. The summed E-state index contributed by atoms with van der Waals surface area (Å²) in [5, 5.41) is 21.0. The Morgan fingerprint density at radius 1 is 1.03 bits per heavy atom. The maximum absolute atomic E-state index is 14.5. The van der Waals surface area contributed by atoms with Crippen molar-refractivity contribution >= 4 is 58.8 Å². The number of amides is 2. The van der Waals surface area contributed by atoms with E-state index in [1.54, 1.807) is 11.0 Å². The Morgan fingerprint density at radius 3 is 2.16 bits per heavy atom. The van der Waals surface area contributed by atoms with Crippen LogP contribution in [0.2, 0.25) is 0 Å². The Hall–Kier alpha value is -5.87. The molecule has 3 unspecified atom stereocenters. The fourth-order valence-electron chi connectivity index (χ4n) is 7.60. The Bertz CT molecular complexity index is 2160. The molecule has 3 aliphatic rings. The van der Waals surface area contributed by atoms with E-state index in [0.717, 1.165) is 25.3 Å². The zero-order chi connectivity index (χ0) is 41.4. The molecule has 2 amide bonds. The number of nitrogens with one attached hydrogen (secondary N) is 1. The molecular weight excluding hydrogens is 794 g/mol. The third-order valence-corrected chi connectivity index (χ3v) is 9.97. The number of hydrogen-bond acceptors (Lipinski definition) is 8. The van der Waals surface area contributed by atoms with Crippen molar-refractivity contribution < 1.29 is 58.3 Å². The van der Waals surface area contributed by atoms with Crippen LogP contribution in [-0.2, 0) is 43.3 Å². The molecule has 15 heteroatoms. The van der Waals surface area contributed by atoms with Crippen LogP contribution >= 0.6 is 0 Å². The van der Waals surface area contributed by atoms with E-state index >= 15 is 0 Å². The molecule has 6 rings (SSSR count). The number of carbonyl (C=O) groups excluding carboxylic acids is 3. The van der Waals surface area contributed by atoms with E-state index in [-0.39, 0.29) is 71.9 Å². The molecule has 0 spiro atoms. The van der Waals surface area contributed by atoms with Crippen LogP contribution in [0.1, 0.15) is 71.6 Å². The van der Waals surface area contributed by atoms with Gasteiger partial charge in [-0.1, -0.05) is 87.3 Å². The second-order valence-corrected chi connectivity index (χ2v) is 14.5. The number of hydrogen-bond donors (Lipinski definition) is 3. The van der Waals surface area contributed by atoms with Gasteiger partial charge in [0.05, 0.1) is 19.4 Å². The number of anilines is 1. The SMILES string of the molecule is CC(=O)O.[C-]#[N+]c1c(N2CCCC2=O)[n-]c(/C=C2\N=C(N=C(O)C(C)NC(=O)OC)C(C(=O)OC3C(C)CC(C)CC3C)=C2c2ccccc2)c1-c1ccccc1.[Zn]. The molecule has 1 aromatic heterocycles. The van der Waals surface area contributed by atoms with E-state index in [1.807, 2.05) is 60.7 Å². The van der Waals surface area contributed by atoms with Gasteiger partial charge in [-0.2, -0.15) is 4.99 Å². The van der Waals surface area contributed by atoms with E-state index in [9.17, 15) is 19.5 Å². The van der Waals surface area contributed by atoms with E-state index in [4.69, 9.17) is 35.9 Å². The predicted molar refractivity (Wildman–Crippen MR) is 217 cm³/mol. The zero-order valence-electron chi connectivity index (χ0n) is 33.6. The van der Waals surface area contributed by atoms with Crippen LogP contribution in [0, 0.1) is 24.3 Å². The first-order chi connectivity index (χ1) is 27.2. The van der Waals surface area contributed by atoms with Crippen molar-refractivity contribution in [2.45, 2.75) is 72.4 Å². The minimum Gasteiger partial charge on any atom is -0.495 e. The first kappa shape index (κ1) is 44.8. The molecule has 14 nitrogen and oxygen atoms in total. The topological polar surface area (TPSA) is 186 Å². The number of nitrogens with zero attached hydrogens (tertiary/aromatic N) is 5. The number of rotatable bonds is 8. The number of esters is 1.